The van der Waals surface area contributed by atoms with E-state index in [-0.39, 0.29) is 24.2 Å². The third kappa shape index (κ3) is 4.72. The van der Waals surface area contributed by atoms with Gasteiger partial charge in [0.15, 0.2) is 0 Å². The molecule has 0 saturated carbocycles. The highest BCUT2D eigenvalue weighted by Crippen LogP contribution is 2.20. The number of likely N-dealkylation sites (tertiary alicyclic amines) is 1. The van der Waals surface area contributed by atoms with Crippen LogP contribution >= 0.6 is 23.7 Å². The molecule has 150 valence electrons. The Balaban J connectivity index is 0.00000225. The predicted octanol–water partition coefficient (Wildman–Crippen LogP) is 2.54. The van der Waals surface area contributed by atoms with Gasteiger partial charge in [0.25, 0.3) is 11.8 Å². The van der Waals surface area contributed by atoms with E-state index in [0.717, 1.165) is 45.7 Å². The summed E-state index contributed by atoms with van der Waals surface area (Å²) in [6.45, 7) is 5.79. The summed E-state index contributed by atoms with van der Waals surface area (Å²) >= 11 is 1.41. The standard InChI is InChI=1S/C20H24N4O2S.ClH/c25-19(18-2-1-13-27-18)22-16-5-3-15(4-6-16)20(26)24-10-7-17(14-24)23-11-8-21-9-12-23;/h1-6,13,17,21H,7-12,14H2,(H,22,25);1H. The van der Waals surface area contributed by atoms with E-state index in [1.807, 2.05) is 16.3 Å². The Bertz CT molecular complexity index is 791. The molecule has 2 saturated heterocycles. The predicted molar refractivity (Wildman–Crippen MR) is 115 cm³/mol. The number of nitrogens with one attached hydrogen (secondary N) is 2. The van der Waals surface area contributed by atoms with Crippen molar-refractivity contribution in [2.24, 2.45) is 0 Å². The minimum absolute atomic E-state index is 0. The Hall–Kier alpha value is -1.93. The topological polar surface area (TPSA) is 64.7 Å². The lowest BCUT2D eigenvalue weighted by Crippen LogP contribution is -2.49. The normalized spacial score (nSPS) is 19.9. The fourth-order valence-corrected chi connectivity index (χ4v) is 4.37. The second-order valence-corrected chi connectivity index (χ2v) is 7.94. The van der Waals surface area contributed by atoms with Crippen molar-refractivity contribution in [3.63, 3.8) is 0 Å². The monoisotopic (exact) mass is 420 g/mol. The van der Waals surface area contributed by atoms with E-state index in [1.165, 1.54) is 11.3 Å². The van der Waals surface area contributed by atoms with E-state index in [9.17, 15) is 9.59 Å². The lowest BCUT2D eigenvalue weighted by atomic mass is 10.1. The molecular formula is C20H25ClN4O2S. The maximum atomic E-state index is 12.8. The summed E-state index contributed by atoms with van der Waals surface area (Å²) in [5.74, 6) is -0.0498. The molecule has 8 heteroatoms. The number of anilines is 1. The molecule has 1 unspecified atom stereocenters. The van der Waals surface area contributed by atoms with Crippen molar-refractivity contribution in [2.45, 2.75) is 12.5 Å². The summed E-state index contributed by atoms with van der Waals surface area (Å²) in [5.41, 5.74) is 1.37. The van der Waals surface area contributed by atoms with Crippen LogP contribution in [0.1, 0.15) is 26.5 Å². The summed E-state index contributed by atoms with van der Waals surface area (Å²) < 4.78 is 0. The molecule has 4 rings (SSSR count). The third-order valence-electron chi connectivity index (χ3n) is 5.25. The van der Waals surface area contributed by atoms with E-state index >= 15 is 0 Å². The van der Waals surface area contributed by atoms with Crippen molar-refractivity contribution in [3.8, 4) is 0 Å². The van der Waals surface area contributed by atoms with Gasteiger partial charge in [-0.1, -0.05) is 6.07 Å². The molecule has 6 nitrogen and oxygen atoms in total. The molecule has 0 spiro atoms. The highest BCUT2D eigenvalue weighted by molar-refractivity contribution is 7.12. The molecule has 2 N–H and O–H groups in total. The zero-order valence-electron chi connectivity index (χ0n) is 15.6. The molecule has 28 heavy (non-hydrogen) atoms. The molecule has 2 aliphatic rings. The molecular weight excluding hydrogens is 396 g/mol. The van der Waals surface area contributed by atoms with Gasteiger partial charge in [-0.25, -0.2) is 0 Å². The van der Waals surface area contributed by atoms with Crippen LogP contribution in [0.25, 0.3) is 0 Å². The molecule has 1 atom stereocenters. The molecule has 0 bridgehead atoms. The minimum atomic E-state index is -0.123. The van der Waals surface area contributed by atoms with E-state index in [1.54, 1.807) is 30.3 Å². The number of piperazine rings is 1. The quantitative estimate of drug-likeness (QED) is 0.797. The van der Waals surface area contributed by atoms with Gasteiger partial charge in [-0.3, -0.25) is 14.5 Å². The van der Waals surface area contributed by atoms with Crippen molar-refractivity contribution in [2.75, 3.05) is 44.6 Å². The molecule has 0 aliphatic carbocycles. The highest BCUT2D eigenvalue weighted by Gasteiger charge is 2.31. The second-order valence-electron chi connectivity index (χ2n) is 6.99. The Morgan fingerprint density at radius 3 is 2.50 bits per heavy atom. The number of halogens is 1. The fourth-order valence-electron chi connectivity index (χ4n) is 3.75. The zero-order valence-corrected chi connectivity index (χ0v) is 17.2. The van der Waals surface area contributed by atoms with Crippen LogP contribution in [0.4, 0.5) is 5.69 Å². The van der Waals surface area contributed by atoms with Crippen LogP contribution in [0.3, 0.4) is 0 Å². The third-order valence-corrected chi connectivity index (χ3v) is 6.12. The second kappa shape index (κ2) is 9.52. The van der Waals surface area contributed by atoms with Crippen molar-refractivity contribution >= 4 is 41.2 Å². The largest absolute Gasteiger partial charge is 0.337 e. The zero-order chi connectivity index (χ0) is 18.6. The first kappa shape index (κ1) is 20.8. The van der Waals surface area contributed by atoms with E-state index in [4.69, 9.17) is 0 Å². The van der Waals surface area contributed by atoms with Crippen LogP contribution in [-0.4, -0.2) is 66.9 Å². The van der Waals surface area contributed by atoms with Crippen molar-refractivity contribution in [1.29, 1.82) is 0 Å². The molecule has 1 aromatic carbocycles. The minimum Gasteiger partial charge on any atom is -0.337 e. The van der Waals surface area contributed by atoms with Crippen molar-refractivity contribution in [1.82, 2.24) is 15.1 Å². The van der Waals surface area contributed by atoms with Gasteiger partial charge in [-0.15, -0.1) is 23.7 Å². The lowest BCUT2D eigenvalue weighted by molar-refractivity contribution is 0.0773. The molecule has 3 heterocycles. The van der Waals surface area contributed by atoms with Gasteiger partial charge in [-0.05, 0) is 42.1 Å². The van der Waals surface area contributed by atoms with Gasteiger partial charge in [0.05, 0.1) is 4.88 Å². The number of benzene rings is 1. The van der Waals surface area contributed by atoms with Crippen LogP contribution in [0.2, 0.25) is 0 Å². The summed E-state index contributed by atoms with van der Waals surface area (Å²) in [6.07, 6.45) is 1.04. The van der Waals surface area contributed by atoms with Gasteiger partial charge in [0, 0.05) is 56.6 Å². The number of carbonyl (C=O) groups excluding carboxylic acids is 2. The maximum Gasteiger partial charge on any atom is 0.265 e. The van der Waals surface area contributed by atoms with Gasteiger partial charge in [0.1, 0.15) is 0 Å². The van der Waals surface area contributed by atoms with Gasteiger partial charge >= 0.3 is 0 Å². The van der Waals surface area contributed by atoms with Crippen molar-refractivity contribution < 1.29 is 9.59 Å². The van der Waals surface area contributed by atoms with Gasteiger partial charge < -0.3 is 15.5 Å². The first-order valence-electron chi connectivity index (χ1n) is 9.40. The molecule has 2 amide bonds. The SMILES string of the molecule is Cl.O=C(Nc1ccc(C(=O)N2CCC(N3CCNCC3)C2)cc1)c1cccs1. The van der Waals surface area contributed by atoms with Crippen molar-refractivity contribution in [3.05, 3.63) is 52.2 Å². The van der Waals surface area contributed by atoms with Crippen LogP contribution in [-0.2, 0) is 0 Å². The number of thiophene rings is 1. The Kier molecular flexibility index (Phi) is 7.07. The van der Waals surface area contributed by atoms with Crippen LogP contribution in [0, 0.1) is 0 Å². The number of rotatable bonds is 4. The first-order chi connectivity index (χ1) is 13.2. The summed E-state index contributed by atoms with van der Waals surface area (Å²) in [5, 5.41) is 8.11. The highest BCUT2D eigenvalue weighted by atomic mass is 35.5. The van der Waals surface area contributed by atoms with Crippen LogP contribution in [0.15, 0.2) is 41.8 Å². The molecule has 2 fully saturated rings. The molecule has 2 aliphatic heterocycles. The lowest BCUT2D eigenvalue weighted by Gasteiger charge is -2.32. The smallest absolute Gasteiger partial charge is 0.265 e. The molecule has 0 radical (unpaired) electrons. The summed E-state index contributed by atoms with van der Waals surface area (Å²) in [7, 11) is 0. The number of amides is 2. The average molecular weight is 421 g/mol. The van der Waals surface area contributed by atoms with E-state index in [0.29, 0.717) is 22.2 Å². The first-order valence-corrected chi connectivity index (χ1v) is 10.3. The summed E-state index contributed by atoms with van der Waals surface area (Å²) in [4.78, 5) is 30.0. The number of nitrogens with zero attached hydrogens (tertiary/aromatic N) is 2. The van der Waals surface area contributed by atoms with Crippen LogP contribution in [0.5, 0.6) is 0 Å². The Labute approximate surface area is 175 Å². The van der Waals surface area contributed by atoms with E-state index < -0.39 is 0 Å². The van der Waals surface area contributed by atoms with Gasteiger partial charge in [-0.2, -0.15) is 0 Å². The molecule has 1 aromatic heterocycles. The Morgan fingerprint density at radius 2 is 1.82 bits per heavy atom. The number of hydrogen-bond donors (Lipinski definition) is 2. The van der Waals surface area contributed by atoms with Gasteiger partial charge in [0.2, 0.25) is 0 Å². The summed E-state index contributed by atoms with van der Waals surface area (Å²) in [6, 6.07) is 11.3. The Morgan fingerprint density at radius 1 is 1.07 bits per heavy atom. The van der Waals surface area contributed by atoms with Crippen LogP contribution < -0.4 is 10.6 Å². The number of hydrogen-bond acceptors (Lipinski definition) is 5. The average Bonchev–Trinajstić information content (AvgIpc) is 3.41. The molecule has 2 aromatic rings. The van der Waals surface area contributed by atoms with E-state index in [2.05, 4.69) is 15.5 Å². The number of carbonyl (C=O) groups is 2. The fraction of sp³-hybridized carbons (Fsp3) is 0.400. The maximum absolute atomic E-state index is 12.8.